The van der Waals surface area contributed by atoms with Crippen LogP contribution >= 0.6 is 11.3 Å². The van der Waals surface area contributed by atoms with Crippen molar-refractivity contribution in [2.45, 2.75) is 27.2 Å². The minimum Gasteiger partial charge on any atom is -0.506 e. The van der Waals surface area contributed by atoms with E-state index in [9.17, 15) is 9.50 Å². The third-order valence-corrected chi connectivity index (χ3v) is 6.26. The highest BCUT2D eigenvalue weighted by atomic mass is 32.1. The molecule has 1 aromatic heterocycles. The van der Waals surface area contributed by atoms with Crippen LogP contribution in [0.2, 0.25) is 0 Å². The van der Waals surface area contributed by atoms with Crippen molar-refractivity contribution in [3.63, 3.8) is 0 Å². The Morgan fingerprint density at radius 2 is 1.64 bits per heavy atom. The van der Waals surface area contributed by atoms with Gasteiger partial charge in [0.15, 0.2) is 11.6 Å². The van der Waals surface area contributed by atoms with Gasteiger partial charge in [-0.1, -0.05) is 18.3 Å². The normalized spacial score (nSPS) is 11.7. The van der Waals surface area contributed by atoms with Crippen LogP contribution in [0.1, 0.15) is 27.2 Å². The Bertz CT molecular complexity index is 1380. The molecule has 0 radical (unpaired) electrons. The molecule has 0 amide bonds. The Balaban J connectivity index is 1.45. The van der Waals surface area contributed by atoms with Crippen LogP contribution in [-0.4, -0.2) is 29.8 Å². The topological polar surface area (TPSA) is 95.0 Å². The average Bonchev–Trinajstić information content (AvgIpc) is 3.28. The van der Waals surface area contributed by atoms with Gasteiger partial charge in [0.1, 0.15) is 11.4 Å². The summed E-state index contributed by atoms with van der Waals surface area (Å²) in [6, 6.07) is 15.5. The van der Waals surface area contributed by atoms with Crippen molar-refractivity contribution in [1.29, 1.82) is 0 Å². The highest BCUT2D eigenvalue weighted by Crippen LogP contribution is 2.36. The molecule has 0 saturated heterocycles. The minimum atomic E-state index is -0.466. The van der Waals surface area contributed by atoms with E-state index >= 15 is 0 Å². The van der Waals surface area contributed by atoms with Crippen LogP contribution in [0, 0.1) is 5.82 Å². The van der Waals surface area contributed by atoms with Gasteiger partial charge in [-0.2, -0.15) is 10.2 Å². The van der Waals surface area contributed by atoms with Crippen molar-refractivity contribution in [3.05, 3.63) is 60.4 Å². The molecule has 0 bridgehead atoms. The lowest BCUT2D eigenvalue weighted by Crippen LogP contribution is -2.21. The summed E-state index contributed by atoms with van der Waals surface area (Å²) in [7, 11) is 0. The van der Waals surface area contributed by atoms with Gasteiger partial charge in [-0.15, -0.1) is 10.2 Å². The first kappa shape index (κ1) is 25.2. The van der Waals surface area contributed by atoms with Crippen LogP contribution in [0.5, 0.6) is 11.5 Å². The zero-order chi connectivity index (χ0) is 25.5. The monoisotopic (exact) mass is 506 g/mol. The lowest BCUT2D eigenvalue weighted by atomic mass is 10.2. The van der Waals surface area contributed by atoms with Gasteiger partial charge in [-0.3, -0.25) is 0 Å². The van der Waals surface area contributed by atoms with Crippen molar-refractivity contribution < 1.29 is 14.2 Å². The average molecular weight is 507 g/mol. The van der Waals surface area contributed by atoms with E-state index in [1.54, 1.807) is 18.2 Å². The molecule has 0 aliphatic rings. The van der Waals surface area contributed by atoms with Gasteiger partial charge >= 0.3 is 0 Å². The van der Waals surface area contributed by atoms with E-state index < -0.39 is 5.82 Å². The van der Waals surface area contributed by atoms with Crippen molar-refractivity contribution in [1.82, 2.24) is 4.98 Å². The number of aromatic hydroxyl groups is 1. The second-order valence-electron chi connectivity index (χ2n) is 7.86. The Labute approximate surface area is 212 Å². The minimum absolute atomic E-state index is 0.0884. The predicted molar refractivity (Wildman–Crippen MR) is 142 cm³/mol. The Hall–Kier alpha value is -3.92. The number of benzene rings is 3. The largest absolute Gasteiger partial charge is 0.506 e. The van der Waals surface area contributed by atoms with Crippen LogP contribution in [0.25, 0.3) is 10.2 Å². The van der Waals surface area contributed by atoms with Gasteiger partial charge in [-0.05, 0) is 56.7 Å². The number of ether oxygens (including phenoxy) is 1. The van der Waals surface area contributed by atoms with E-state index in [4.69, 9.17) is 4.74 Å². The molecule has 0 aliphatic heterocycles. The summed E-state index contributed by atoms with van der Waals surface area (Å²) >= 11 is 1.26. The molecule has 4 aromatic rings. The summed E-state index contributed by atoms with van der Waals surface area (Å²) < 4.78 is 20.3. The molecular formula is C26H27FN6O2S. The number of phenols is 1. The second-order valence-corrected chi connectivity index (χ2v) is 8.87. The molecule has 4 rings (SSSR count). The Kier molecular flexibility index (Phi) is 8.17. The fourth-order valence-electron chi connectivity index (χ4n) is 3.47. The third kappa shape index (κ3) is 6.01. The van der Waals surface area contributed by atoms with E-state index in [0.717, 1.165) is 29.9 Å². The van der Waals surface area contributed by atoms with Crippen molar-refractivity contribution in [2.75, 3.05) is 24.6 Å². The summed E-state index contributed by atoms with van der Waals surface area (Å²) in [6.45, 7) is 8.50. The van der Waals surface area contributed by atoms with Crippen molar-refractivity contribution in [2.24, 2.45) is 20.5 Å². The molecule has 3 aromatic carbocycles. The van der Waals surface area contributed by atoms with E-state index in [2.05, 4.69) is 44.2 Å². The maximum absolute atomic E-state index is 14.2. The standard InChI is InChI=1S/C26H27FN6O2S/c1-4-13-35-24-16-25-22(15-20(24)27)28-26(36-25)32-31-21-12-9-18(14-23(21)34)30-29-17-7-10-19(11-8-17)33(5-2)6-3/h7-12,14-16,34H,4-6,13H2,1-3H3. The Morgan fingerprint density at radius 1 is 0.917 bits per heavy atom. The van der Waals surface area contributed by atoms with Crippen LogP contribution in [0.15, 0.2) is 75.1 Å². The molecule has 0 unspecified atom stereocenters. The van der Waals surface area contributed by atoms with Gasteiger partial charge in [0.05, 0.1) is 28.2 Å². The number of anilines is 1. The predicted octanol–water partition coefficient (Wildman–Crippen LogP) is 8.61. The van der Waals surface area contributed by atoms with Gasteiger partial charge in [0.25, 0.3) is 0 Å². The van der Waals surface area contributed by atoms with E-state index in [-0.39, 0.29) is 17.2 Å². The molecule has 0 saturated carbocycles. The van der Waals surface area contributed by atoms with Crippen LogP contribution in [0.3, 0.4) is 0 Å². The number of hydrogen-bond acceptors (Lipinski definition) is 9. The smallest absolute Gasteiger partial charge is 0.231 e. The van der Waals surface area contributed by atoms with Crippen molar-refractivity contribution >= 4 is 49.4 Å². The number of phenolic OH excluding ortho intramolecular Hbond substituents is 1. The molecule has 0 fully saturated rings. The molecule has 8 nitrogen and oxygen atoms in total. The number of thiazole rings is 1. The Morgan fingerprint density at radius 3 is 2.33 bits per heavy atom. The third-order valence-electron chi connectivity index (χ3n) is 5.35. The summed E-state index contributed by atoms with van der Waals surface area (Å²) in [6.07, 6.45) is 0.785. The molecule has 0 atom stereocenters. The summed E-state index contributed by atoms with van der Waals surface area (Å²) in [5, 5.41) is 27.3. The van der Waals surface area contributed by atoms with E-state index in [0.29, 0.717) is 28.6 Å². The number of aromatic nitrogens is 1. The maximum Gasteiger partial charge on any atom is 0.231 e. The molecule has 1 N–H and O–H groups in total. The molecule has 1 heterocycles. The SMILES string of the molecule is CCCOc1cc2sc(N=Nc3ccc(N=Nc4ccc(N(CC)CC)cc4)cc3O)nc2cc1F. The molecular weight excluding hydrogens is 479 g/mol. The van der Waals surface area contributed by atoms with Crippen LogP contribution < -0.4 is 9.64 Å². The molecule has 0 aliphatic carbocycles. The maximum atomic E-state index is 14.2. The first-order chi connectivity index (χ1) is 17.5. The highest BCUT2D eigenvalue weighted by molar-refractivity contribution is 7.21. The fourth-order valence-corrected chi connectivity index (χ4v) is 4.27. The van der Waals surface area contributed by atoms with E-state index in [1.165, 1.54) is 23.5 Å². The zero-order valence-electron chi connectivity index (χ0n) is 20.3. The lowest BCUT2D eigenvalue weighted by Gasteiger charge is -2.20. The first-order valence-electron chi connectivity index (χ1n) is 11.7. The summed E-state index contributed by atoms with van der Waals surface area (Å²) in [5.74, 6) is -0.361. The molecule has 186 valence electrons. The number of rotatable bonds is 10. The summed E-state index contributed by atoms with van der Waals surface area (Å²) in [4.78, 5) is 6.54. The number of nitrogens with zero attached hydrogens (tertiary/aromatic N) is 6. The van der Waals surface area contributed by atoms with Gasteiger partial charge < -0.3 is 14.7 Å². The molecule has 36 heavy (non-hydrogen) atoms. The van der Waals surface area contributed by atoms with Gasteiger partial charge in [-0.25, -0.2) is 9.37 Å². The lowest BCUT2D eigenvalue weighted by molar-refractivity contribution is 0.302. The number of fused-ring (bicyclic) bond motifs is 1. The zero-order valence-corrected chi connectivity index (χ0v) is 21.2. The second kappa shape index (κ2) is 11.7. The van der Waals surface area contributed by atoms with Crippen molar-refractivity contribution in [3.8, 4) is 11.5 Å². The molecule has 10 heteroatoms. The van der Waals surface area contributed by atoms with Gasteiger partial charge in [0, 0.05) is 37.0 Å². The number of azo groups is 2. The molecule has 0 spiro atoms. The first-order valence-corrected chi connectivity index (χ1v) is 12.6. The van der Waals surface area contributed by atoms with Gasteiger partial charge in [0.2, 0.25) is 5.13 Å². The van der Waals surface area contributed by atoms with Crippen LogP contribution in [-0.2, 0) is 0 Å². The van der Waals surface area contributed by atoms with Crippen LogP contribution in [0.4, 0.5) is 32.3 Å². The summed E-state index contributed by atoms with van der Waals surface area (Å²) in [5.41, 5.74) is 3.06. The number of hydrogen-bond donors (Lipinski definition) is 1. The van der Waals surface area contributed by atoms with E-state index in [1.807, 2.05) is 31.2 Å². The highest BCUT2D eigenvalue weighted by Gasteiger charge is 2.11. The number of halogens is 1. The fraction of sp³-hybridized carbons (Fsp3) is 0.269. The quantitative estimate of drug-likeness (QED) is 0.218.